The van der Waals surface area contributed by atoms with E-state index in [1.54, 1.807) is 7.11 Å². The molecule has 1 amide bonds. The van der Waals surface area contributed by atoms with E-state index in [-0.39, 0.29) is 5.91 Å². The van der Waals surface area contributed by atoms with Gasteiger partial charge in [0.1, 0.15) is 5.75 Å². The van der Waals surface area contributed by atoms with Crippen molar-refractivity contribution in [2.45, 2.75) is 13.5 Å². The molecule has 0 saturated carbocycles. The molecule has 0 aliphatic carbocycles. The van der Waals surface area contributed by atoms with E-state index in [9.17, 15) is 4.79 Å². The fraction of sp³-hybridized carbons (Fsp3) is 0.318. The average Bonchev–Trinajstić information content (AvgIpc) is 2.69. The molecule has 4 heteroatoms. The SMILES string of the molecule is COc1ccc(CN2CCN(C(=O)C(C)=Cc3ccccc3)CC2)cc1. The molecule has 0 atom stereocenters. The van der Waals surface area contributed by atoms with Crippen LogP contribution in [0.3, 0.4) is 0 Å². The molecule has 1 aliphatic rings. The van der Waals surface area contributed by atoms with Gasteiger partial charge in [0, 0.05) is 38.3 Å². The summed E-state index contributed by atoms with van der Waals surface area (Å²) < 4.78 is 5.20. The Morgan fingerprint density at radius 1 is 1.00 bits per heavy atom. The van der Waals surface area contributed by atoms with Gasteiger partial charge in [0.2, 0.25) is 5.91 Å². The first-order chi connectivity index (χ1) is 12.7. The Morgan fingerprint density at radius 3 is 2.27 bits per heavy atom. The lowest BCUT2D eigenvalue weighted by atomic mass is 10.1. The molecule has 1 saturated heterocycles. The number of piperazine rings is 1. The van der Waals surface area contributed by atoms with Gasteiger partial charge in [0.15, 0.2) is 0 Å². The highest BCUT2D eigenvalue weighted by molar-refractivity contribution is 5.97. The van der Waals surface area contributed by atoms with Crippen molar-refractivity contribution in [3.05, 3.63) is 71.3 Å². The first-order valence-electron chi connectivity index (χ1n) is 9.03. The van der Waals surface area contributed by atoms with E-state index in [0.717, 1.165) is 49.6 Å². The minimum absolute atomic E-state index is 0.137. The Balaban J connectivity index is 1.52. The largest absolute Gasteiger partial charge is 0.497 e. The lowest BCUT2D eigenvalue weighted by Gasteiger charge is -2.35. The van der Waals surface area contributed by atoms with Crippen LogP contribution in [0.4, 0.5) is 0 Å². The molecule has 136 valence electrons. The lowest BCUT2D eigenvalue weighted by molar-refractivity contribution is -0.128. The minimum atomic E-state index is 0.137. The summed E-state index contributed by atoms with van der Waals surface area (Å²) in [6.45, 7) is 6.15. The summed E-state index contributed by atoms with van der Waals surface area (Å²) >= 11 is 0. The van der Waals surface area contributed by atoms with Gasteiger partial charge in [0.05, 0.1) is 7.11 Å². The quantitative estimate of drug-likeness (QED) is 0.775. The van der Waals surface area contributed by atoms with Gasteiger partial charge >= 0.3 is 0 Å². The summed E-state index contributed by atoms with van der Waals surface area (Å²) in [4.78, 5) is 17.0. The van der Waals surface area contributed by atoms with Crippen molar-refractivity contribution in [3.63, 3.8) is 0 Å². The van der Waals surface area contributed by atoms with Gasteiger partial charge in [-0.05, 0) is 36.3 Å². The highest BCUT2D eigenvalue weighted by Gasteiger charge is 2.21. The summed E-state index contributed by atoms with van der Waals surface area (Å²) in [6.07, 6.45) is 1.96. The fourth-order valence-electron chi connectivity index (χ4n) is 3.21. The zero-order valence-corrected chi connectivity index (χ0v) is 15.5. The van der Waals surface area contributed by atoms with Gasteiger partial charge < -0.3 is 9.64 Å². The third-order valence-corrected chi connectivity index (χ3v) is 4.74. The van der Waals surface area contributed by atoms with Crippen molar-refractivity contribution in [2.75, 3.05) is 33.3 Å². The van der Waals surface area contributed by atoms with Crippen LogP contribution in [0.15, 0.2) is 60.2 Å². The third kappa shape index (κ3) is 4.73. The van der Waals surface area contributed by atoms with Crippen LogP contribution >= 0.6 is 0 Å². The average molecular weight is 350 g/mol. The molecule has 2 aromatic carbocycles. The number of ether oxygens (including phenoxy) is 1. The summed E-state index contributed by atoms with van der Waals surface area (Å²) in [5.41, 5.74) is 3.13. The predicted molar refractivity (Wildman–Crippen MR) is 105 cm³/mol. The van der Waals surface area contributed by atoms with E-state index < -0.39 is 0 Å². The third-order valence-electron chi connectivity index (χ3n) is 4.74. The van der Waals surface area contributed by atoms with Gasteiger partial charge in [0.25, 0.3) is 0 Å². The second-order valence-corrected chi connectivity index (χ2v) is 6.65. The second-order valence-electron chi connectivity index (χ2n) is 6.65. The van der Waals surface area contributed by atoms with Gasteiger partial charge in [-0.15, -0.1) is 0 Å². The molecule has 2 aromatic rings. The Labute approximate surface area is 155 Å². The van der Waals surface area contributed by atoms with E-state index in [1.807, 2.05) is 60.4 Å². The van der Waals surface area contributed by atoms with Crippen LogP contribution in [-0.4, -0.2) is 49.0 Å². The first kappa shape index (κ1) is 18.2. The zero-order valence-electron chi connectivity index (χ0n) is 15.5. The van der Waals surface area contributed by atoms with Gasteiger partial charge in [-0.2, -0.15) is 0 Å². The Morgan fingerprint density at radius 2 is 1.65 bits per heavy atom. The number of methoxy groups -OCH3 is 1. The lowest BCUT2D eigenvalue weighted by Crippen LogP contribution is -2.48. The van der Waals surface area contributed by atoms with Crippen molar-refractivity contribution in [1.82, 2.24) is 9.80 Å². The monoisotopic (exact) mass is 350 g/mol. The van der Waals surface area contributed by atoms with E-state index in [0.29, 0.717) is 0 Å². The Hall–Kier alpha value is -2.59. The normalized spacial score (nSPS) is 15.8. The topological polar surface area (TPSA) is 32.8 Å². The highest BCUT2D eigenvalue weighted by Crippen LogP contribution is 2.15. The molecule has 26 heavy (non-hydrogen) atoms. The predicted octanol–water partition coefficient (Wildman–Crippen LogP) is 3.44. The number of carbonyl (C=O) groups is 1. The van der Waals surface area contributed by atoms with Crippen LogP contribution in [0, 0.1) is 0 Å². The Bertz CT molecular complexity index is 745. The molecule has 1 fully saturated rings. The van der Waals surface area contributed by atoms with Crippen molar-refractivity contribution in [2.24, 2.45) is 0 Å². The fourth-order valence-corrected chi connectivity index (χ4v) is 3.21. The number of amides is 1. The van der Waals surface area contributed by atoms with E-state index in [2.05, 4.69) is 17.0 Å². The molecule has 4 nitrogen and oxygen atoms in total. The molecule has 3 rings (SSSR count). The summed E-state index contributed by atoms with van der Waals surface area (Å²) in [6, 6.07) is 18.2. The molecule has 0 N–H and O–H groups in total. The van der Waals surface area contributed by atoms with Crippen LogP contribution in [0.2, 0.25) is 0 Å². The van der Waals surface area contributed by atoms with Gasteiger partial charge in [-0.25, -0.2) is 0 Å². The van der Waals surface area contributed by atoms with Crippen LogP contribution in [0.1, 0.15) is 18.1 Å². The van der Waals surface area contributed by atoms with Crippen molar-refractivity contribution < 1.29 is 9.53 Å². The van der Waals surface area contributed by atoms with E-state index in [1.165, 1.54) is 5.56 Å². The molecular weight excluding hydrogens is 324 g/mol. The minimum Gasteiger partial charge on any atom is -0.497 e. The van der Waals surface area contributed by atoms with Crippen LogP contribution < -0.4 is 4.74 Å². The molecule has 0 bridgehead atoms. The van der Waals surface area contributed by atoms with Gasteiger partial charge in [-0.3, -0.25) is 9.69 Å². The van der Waals surface area contributed by atoms with Crippen molar-refractivity contribution in [3.8, 4) is 5.75 Å². The number of nitrogens with zero attached hydrogens (tertiary/aromatic N) is 2. The number of benzene rings is 2. The first-order valence-corrected chi connectivity index (χ1v) is 9.03. The molecule has 0 spiro atoms. The number of hydrogen-bond acceptors (Lipinski definition) is 3. The second kappa shape index (κ2) is 8.68. The van der Waals surface area contributed by atoms with Crippen molar-refractivity contribution >= 4 is 12.0 Å². The smallest absolute Gasteiger partial charge is 0.249 e. The molecule has 0 aromatic heterocycles. The summed E-state index contributed by atoms with van der Waals surface area (Å²) in [5, 5.41) is 0. The van der Waals surface area contributed by atoms with E-state index >= 15 is 0 Å². The number of rotatable bonds is 5. The zero-order chi connectivity index (χ0) is 18.4. The number of hydrogen-bond donors (Lipinski definition) is 0. The number of carbonyl (C=O) groups excluding carboxylic acids is 1. The maximum atomic E-state index is 12.7. The molecular formula is C22H26N2O2. The van der Waals surface area contributed by atoms with Crippen LogP contribution in [-0.2, 0) is 11.3 Å². The summed E-state index contributed by atoms with van der Waals surface area (Å²) in [7, 11) is 1.68. The molecule has 1 heterocycles. The van der Waals surface area contributed by atoms with Crippen LogP contribution in [0.25, 0.3) is 6.08 Å². The standard InChI is InChI=1S/C22H26N2O2/c1-18(16-19-6-4-3-5-7-19)22(25)24-14-12-23(13-15-24)17-20-8-10-21(26-2)11-9-20/h3-11,16H,12-15,17H2,1-2H3. The van der Waals surface area contributed by atoms with E-state index in [4.69, 9.17) is 4.74 Å². The molecule has 0 radical (unpaired) electrons. The van der Waals surface area contributed by atoms with Crippen LogP contribution in [0.5, 0.6) is 5.75 Å². The highest BCUT2D eigenvalue weighted by atomic mass is 16.5. The molecule has 1 aliphatic heterocycles. The maximum Gasteiger partial charge on any atom is 0.249 e. The van der Waals surface area contributed by atoms with Crippen molar-refractivity contribution in [1.29, 1.82) is 0 Å². The summed E-state index contributed by atoms with van der Waals surface area (Å²) in [5.74, 6) is 1.02. The Kier molecular flexibility index (Phi) is 6.08. The molecule has 0 unspecified atom stereocenters. The van der Waals surface area contributed by atoms with Gasteiger partial charge in [-0.1, -0.05) is 42.5 Å². The maximum absolute atomic E-state index is 12.7.